The second kappa shape index (κ2) is 5.80. The van der Waals surface area contributed by atoms with E-state index in [1.54, 1.807) is 0 Å². The summed E-state index contributed by atoms with van der Waals surface area (Å²) in [6.45, 7) is 5.83. The Hall–Kier alpha value is -0.380. The van der Waals surface area contributed by atoms with Gasteiger partial charge in [0.25, 0.3) is 0 Å². The molecule has 2 rings (SSSR count). The van der Waals surface area contributed by atoms with Crippen molar-refractivity contribution in [1.29, 1.82) is 0 Å². The molecule has 1 fully saturated rings. The normalized spacial score (nSPS) is 21.1. The number of rotatable bonds is 4. The van der Waals surface area contributed by atoms with Crippen molar-refractivity contribution in [2.45, 2.75) is 32.2 Å². The molecule has 1 aromatic heterocycles. The number of thiophene rings is 1. The number of nitrogens with two attached hydrogens (primary N) is 1. The van der Waals surface area contributed by atoms with Gasteiger partial charge in [0, 0.05) is 17.5 Å². The van der Waals surface area contributed by atoms with Gasteiger partial charge in [0.15, 0.2) is 0 Å². The zero-order valence-corrected chi connectivity index (χ0v) is 10.9. The van der Waals surface area contributed by atoms with Crippen LogP contribution in [0.5, 0.6) is 0 Å². The van der Waals surface area contributed by atoms with E-state index >= 15 is 0 Å². The van der Waals surface area contributed by atoms with Crippen LogP contribution in [0.1, 0.15) is 24.6 Å². The standard InChI is InChI=1S/C13H22N2S/c1-11(14)12-4-7-15(8-5-12)9-6-13-3-2-10-16-13/h2-3,10-12H,4-9,14H2,1H3. The largest absolute Gasteiger partial charge is 0.328 e. The average molecular weight is 238 g/mol. The van der Waals surface area contributed by atoms with Crippen LogP contribution in [0.25, 0.3) is 0 Å². The Morgan fingerprint density at radius 2 is 2.25 bits per heavy atom. The molecule has 0 spiro atoms. The molecule has 90 valence electrons. The molecular formula is C13H22N2S. The zero-order chi connectivity index (χ0) is 11.4. The van der Waals surface area contributed by atoms with Gasteiger partial charge in [-0.15, -0.1) is 11.3 Å². The highest BCUT2D eigenvalue weighted by Crippen LogP contribution is 2.20. The van der Waals surface area contributed by atoms with E-state index in [4.69, 9.17) is 5.73 Å². The summed E-state index contributed by atoms with van der Waals surface area (Å²) in [7, 11) is 0. The first-order chi connectivity index (χ1) is 7.75. The van der Waals surface area contributed by atoms with Gasteiger partial charge in [-0.2, -0.15) is 0 Å². The lowest BCUT2D eigenvalue weighted by Gasteiger charge is -2.33. The molecule has 1 aliphatic heterocycles. The van der Waals surface area contributed by atoms with Crippen molar-refractivity contribution in [1.82, 2.24) is 4.90 Å². The molecule has 3 heteroatoms. The van der Waals surface area contributed by atoms with E-state index in [-0.39, 0.29) is 0 Å². The third kappa shape index (κ3) is 3.30. The maximum Gasteiger partial charge on any atom is 0.00579 e. The van der Waals surface area contributed by atoms with Crippen molar-refractivity contribution in [2.75, 3.05) is 19.6 Å². The summed E-state index contributed by atoms with van der Waals surface area (Å²) < 4.78 is 0. The predicted octanol–water partition coefficient (Wildman–Crippen LogP) is 2.35. The minimum absolute atomic E-state index is 0.374. The van der Waals surface area contributed by atoms with E-state index in [0.29, 0.717) is 6.04 Å². The topological polar surface area (TPSA) is 29.3 Å². The van der Waals surface area contributed by atoms with Gasteiger partial charge in [-0.3, -0.25) is 0 Å². The zero-order valence-electron chi connectivity index (χ0n) is 10.1. The van der Waals surface area contributed by atoms with Crippen LogP contribution in [0.4, 0.5) is 0 Å². The van der Waals surface area contributed by atoms with Gasteiger partial charge in [0.05, 0.1) is 0 Å². The number of hydrogen-bond acceptors (Lipinski definition) is 3. The lowest BCUT2D eigenvalue weighted by molar-refractivity contribution is 0.174. The molecule has 0 aromatic carbocycles. The third-order valence-electron chi connectivity index (χ3n) is 3.63. The van der Waals surface area contributed by atoms with E-state index in [9.17, 15) is 0 Å². The van der Waals surface area contributed by atoms with E-state index in [1.165, 1.54) is 43.8 Å². The van der Waals surface area contributed by atoms with Crippen molar-refractivity contribution in [3.8, 4) is 0 Å². The monoisotopic (exact) mass is 238 g/mol. The predicted molar refractivity (Wildman–Crippen MR) is 70.8 cm³/mol. The van der Waals surface area contributed by atoms with Crippen LogP contribution in [0.15, 0.2) is 17.5 Å². The van der Waals surface area contributed by atoms with Gasteiger partial charge < -0.3 is 10.6 Å². The van der Waals surface area contributed by atoms with Crippen molar-refractivity contribution < 1.29 is 0 Å². The van der Waals surface area contributed by atoms with Gasteiger partial charge in [-0.25, -0.2) is 0 Å². The smallest absolute Gasteiger partial charge is 0.00579 e. The van der Waals surface area contributed by atoms with Crippen molar-refractivity contribution in [3.63, 3.8) is 0 Å². The summed E-state index contributed by atoms with van der Waals surface area (Å²) in [6, 6.07) is 4.75. The fourth-order valence-electron chi connectivity index (χ4n) is 2.43. The molecule has 1 aromatic rings. The fraction of sp³-hybridized carbons (Fsp3) is 0.692. The Morgan fingerprint density at radius 1 is 1.50 bits per heavy atom. The highest BCUT2D eigenvalue weighted by molar-refractivity contribution is 7.09. The summed E-state index contributed by atoms with van der Waals surface area (Å²) in [5, 5.41) is 2.16. The molecular weight excluding hydrogens is 216 g/mol. The lowest BCUT2D eigenvalue weighted by atomic mass is 9.91. The van der Waals surface area contributed by atoms with E-state index in [2.05, 4.69) is 29.3 Å². The Kier molecular flexibility index (Phi) is 4.38. The Labute approximate surface area is 102 Å². The highest BCUT2D eigenvalue weighted by Gasteiger charge is 2.21. The fourth-order valence-corrected chi connectivity index (χ4v) is 3.12. The molecule has 16 heavy (non-hydrogen) atoms. The van der Waals surface area contributed by atoms with Gasteiger partial charge >= 0.3 is 0 Å². The van der Waals surface area contributed by atoms with Gasteiger partial charge in [-0.05, 0) is 56.6 Å². The second-order valence-electron chi connectivity index (χ2n) is 4.87. The summed E-state index contributed by atoms with van der Waals surface area (Å²) in [5.74, 6) is 0.748. The molecule has 2 N–H and O–H groups in total. The molecule has 2 heterocycles. The molecule has 2 nitrogen and oxygen atoms in total. The molecule has 0 bridgehead atoms. The Morgan fingerprint density at radius 3 is 2.81 bits per heavy atom. The molecule has 0 radical (unpaired) electrons. The minimum atomic E-state index is 0.374. The van der Waals surface area contributed by atoms with E-state index < -0.39 is 0 Å². The van der Waals surface area contributed by atoms with E-state index in [1.807, 2.05) is 11.3 Å². The molecule has 0 saturated carbocycles. The summed E-state index contributed by atoms with van der Waals surface area (Å²) in [4.78, 5) is 4.09. The van der Waals surface area contributed by atoms with Crippen LogP contribution in [0.3, 0.4) is 0 Å². The van der Waals surface area contributed by atoms with Crippen LogP contribution in [0.2, 0.25) is 0 Å². The first-order valence-corrected chi connectivity index (χ1v) is 7.14. The van der Waals surface area contributed by atoms with Crippen molar-refractivity contribution >= 4 is 11.3 Å². The van der Waals surface area contributed by atoms with Crippen LogP contribution in [0, 0.1) is 5.92 Å². The van der Waals surface area contributed by atoms with Crippen LogP contribution in [-0.4, -0.2) is 30.6 Å². The molecule has 0 amide bonds. The average Bonchev–Trinajstić information content (AvgIpc) is 2.80. The number of hydrogen-bond donors (Lipinski definition) is 1. The number of piperidine rings is 1. The summed E-state index contributed by atoms with van der Waals surface area (Å²) in [6.07, 6.45) is 3.77. The summed E-state index contributed by atoms with van der Waals surface area (Å²) >= 11 is 1.87. The van der Waals surface area contributed by atoms with Crippen LogP contribution in [-0.2, 0) is 6.42 Å². The summed E-state index contributed by atoms with van der Waals surface area (Å²) in [5.41, 5.74) is 5.95. The quantitative estimate of drug-likeness (QED) is 0.872. The second-order valence-corrected chi connectivity index (χ2v) is 5.90. The van der Waals surface area contributed by atoms with Crippen LogP contribution >= 0.6 is 11.3 Å². The Bertz CT molecular complexity index is 287. The lowest BCUT2D eigenvalue weighted by Crippen LogP contribution is -2.40. The number of likely N-dealkylation sites (tertiary alicyclic amines) is 1. The molecule has 1 unspecified atom stereocenters. The number of nitrogens with zero attached hydrogens (tertiary/aromatic N) is 1. The van der Waals surface area contributed by atoms with Crippen molar-refractivity contribution in [3.05, 3.63) is 22.4 Å². The first kappa shape index (κ1) is 12.1. The van der Waals surface area contributed by atoms with Crippen molar-refractivity contribution in [2.24, 2.45) is 11.7 Å². The van der Waals surface area contributed by atoms with Gasteiger partial charge in [-0.1, -0.05) is 6.07 Å². The molecule has 1 atom stereocenters. The highest BCUT2D eigenvalue weighted by atomic mass is 32.1. The van der Waals surface area contributed by atoms with Gasteiger partial charge in [0.2, 0.25) is 0 Å². The molecule has 0 aliphatic carbocycles. The van der Waals surface area contributed by atoms with Crippen LogP contribution < -0.4 is 5.73 Å². The molecule has 1 aliphatic rings. The van der Waals surface area contributed by atoms with Gasteiger partial charge in [0.1, 0.15) is 0 Å². The maximum absolute atomic E-state index is 5.95. The SMILES string of the molecule is CC(N)C1CCN(CCc2cccs2)CC1. The maximum atomic E-state index is 5.95. The molecule has 1 saturated heterocycles. The third-order valence-corrected chi connectivity index (χ3v) is 4.57. The van der Waals surface area contributed by atoms with E-state index in [0.717, 1.165) is 5.92 Å². The Balaban J connectivity index is 1.69. The first-order valence-electron chi connectivity index (χ1n) is 6.26. The minimum Gasteiger partial charge on any atom is -0.328 e.